The molecule has 1 amide bonds. The van der Waals surface area contributed by atoms with Gasteiger partial charge in [-0.3, -0.25) is 14.5 Å². The molecule has 0 saturated carbocycles. The van der Waals surface area contributed by atoms with E-state index in [0.29, 0.717) is 17.6 Å². The van der Waals surface area contributed by atoms with Gasteiger partial charge in [0, 0.05) is 44.0 Å². The van der Waals surface area contributed by atoms with E-state index < -0.39 is 11.9 Å². The summed E-state index contributed by atoms with van der Waals surface area (Å²) in [6, 6.07) is -0.746. The first-order valence-corrected chi connectivity index (χ1v) is 11.1. The number of nitrogens with zero attached hydrogens (tertiary/aromatic N) is 3. The first-order chi connectivity index (χ1) is 13.2. The average Bonchev–Trinajstić information content (AvgIpc) is 2.60. The number of nitrogens with two attached hydrogens (primary N) is 1. The summed E-state index contributed by atoms with van der Waals surface area (Å²) in [4.78, 5) is 27.6. The van der Waals surface area contributed by atoms with E-state index in [0.717, 1.165) is 43.7 Å². The number of carbonyl (C=O) groups is 1. The van der Waals surface area contributed by atoms with Crippen molar-refractivity contribution in [3.63, 3.8) is 0 Å². The van der Waals surface area contributed by atoms with Crippen LogP contribution in [0, 0.1) is 19.8 Å². The Morgan fingerprint density at radius 3 is 2.46 bits per heavy atom. The number of ether oxygens (including phenoxy) is 1. The fraction of sp³-hybridized carbons (Fsp3) is 0.750. The highest BCUT2D eigenvalue weighted by molar-refractivity contribution is 7.99. The molecular weight excluding hydrogens is 376 g/mol. The second-order valence-electron chi connectivity index (χ2n) is 8.06. The Labute approximate surface area is 172 Å². The summed E-state index contributed by atoms with van der Waals surface area (Å²) in [5.41, 5.74) is 7.91. The summed E-state index contributed by atoms with van der Waals surface area (Å²) < 4.78 is 6.66. The van der Waals surface area contributed by atoms with Crippen molar-refractivity contribution < 1.29 is 9.53 Å². The molecule has 2 unspecified atom stereocenters. The largest absolute Gasteiger partial charge is 0.379 e. The smallest absolute Gasteiger partial charge is 0.270 e. The van der Waals surface area contributed by atoms with Gasteiger partial charge in [-0.05, 0) is 38.0 Å². The number of hydrogen-bond donors (Lipinski definition) is 1. The van der Waals surface area contributed by atoms with Crippen molar-refractivity contribution in [3.8, 4) is 0 Å². The lowest BCUT2D eigenvalue weighted by Crippen LogP contribution is -2.52. The number of aromatic nitrogens is 2. The van der Waals surface area contributed by atoms with Gasteiger partial charge in [-0.15, -0.1) is 0 Å². The van der Waals surface area contributed by atoms with E-state index in [9.17, 15) is 9.59 Å². The molecule has 2 heterocycles. The lowest BCUT2D eigenvalue weighted by atomic mass is 10.0. The van der Waals surface area contributed by atoms with Gasteiger partial charge < -0.3 is 10.5 Å². The summed E-state index contributed by atoms with van der Waals surface area (Å²) in [6.07, 6.45) is 3.77. The fourth-order valence-corrected chi connectivity index (χ4v) is 4.71. The van der Waals surface area contributed by atoms with E-state index in [-0.39, 0.29) is 10.8 Å². The molecule has 2 atom stereocenters. The Morgan fingerprint density at radius 1 is 1.32 bits per heavy atom. The lowest BCUT2D eigenvalue weighted by Gasteiger charge is -2.38. The third-order valence-corrected chi connectivity index (χ3v) is 6.64. The molecular formula is C20H34N4O3S. The van der Waals surface area contributed by atoms with Crippen LogP contribution >= 0.6 is 11.8 Å². The van der Waals surface area contributed by atoms with E-state index >= 15 is 0 Å². The van der Waals surface area contributed by atoms with Crippen LogP contribution in [0.4, 0.5) is 0 Å². The van der Waals surface area contributed by atoms with Crippen molar-refractivity contribution in [1.29, 1.82) is 0 Å². The molecule has 0 aliphatic carbocycles. The zero-order valence-electron chi connectivity index (χ0n) is 17.9. The molecule has 0 aromatic carbocycles. The number of rotatable bonds is 10. The van der Waals surface area contributed by atoms with Crippen molar-refractivity contribution in [2.45, 2.75) is 57.9 Å². The maximum atomic E-state index is 12.9. The van der Waals surface area contributed by atoms with E-state index in [1.165, 1.54) is 4.68 Å². The molecule has 1 aromatic heterocycles. The van der Waals surface area contributed by atoms with Crippen LogP contribution in [-0.2, 0) is 16.0 Å². The minimum absolute atomic E-state index is 0.0875. The maximum Gasteiger partial charge on any atom is 0.270 e. The van der Waals surface area contributed by atoms with Crippen LogP contribution < -0.4 is 11.3 Å². The molecule has 0 radical (unpaired) electrons. The second-order valence-corrected chi connectivity index (χ2v) is 9.14. The molecule has 0 bridgehead atoms. The highest BCUT2D eigenvalue weighted by atomic mass is 32.2. The third-order valence-electron chi connectivity index (χ3n) is 5.59. The highest BCUT2D eigenvalue weighted by Crippen LogP contribution is 2.27. The molecule has 28 heavy (non-hydrogen) atoms. The highest BCUT2D eigenvalue weighted by Gasteiger charge is 2.32. The molecule has 1 fully saturated rings. The van der Waals surface area contributed by atoms with Crippen molar-refractivity contribution in [2.75, 3.05) is 33.0 Å². The SMILES string of the molecule is COC1CN(CCc2nn(C(C(N)=O)C(CC(C)C)SC)c(=O)c(C)c2C)C1. The van der Waals surface area contributed by atoms with Crippen LogP contribution in [0.5, 0.6) is 0 Å². The number of thioether (sulfide) groups is 1. The number of amides is 1. The summed E-state index contributed by atoms with van der Waals surface area (Å²) in [5, 5.41) is 4.54. The zero-order chi connectivity index (χ0) is 21.0. The Kier molecular flexibility index (Phi) is 8.09. The van der Waals surface area contributed by atoms with Crippen LogP contribution in [0.15, 0.2) is 4.79 Å². The van der Waals surface area contributed by atoms with E-state index in [2.05, 4.69) is 23.8 Å². The Balaban J connectivity index is 2.32. The first-order valence-electron chi connectivity index (χ1n) is 9.85. The fourth-order valence-electron chi connectivity index (χ4n) is 3.62. The topological polar surface area (TPSA) is 90.4 Å². The Morgan fingerprint density at radius 2 is 1.96 bits per heavy atom. The van der Waals surface area contributed by atoms with Gasteiger partial charge in [0.05, 0.1) is 11.8 Å². The quantitative estimate of drug-likeness (QED) is 0.629. The number of primary amides is 1. The van der Waals surface area contributed by atoms with Crippen LogP contribution in [0.25, 0.3) is 0 Å². The van der Waals surface area contributed by atoms with Crippen molar-refractivity contribution in [2.24, 2.45) is 11.7 Å². The zero-order valence-corrected chi connectivity index (χ0v) is 18.7. The van der Waals surface area contributed by atoms with Crippen molar-refractivity contribution in [1.82, 2.24) is 14.7 Å². The van der Waals surface area contributed by atoms with Gasteiger partial charge in [-0.1, -0.05) is 13.8 Å². The molecule has 0 spiro atoms. The van der Waals surface area contributed by atoms with Crippen LogP contribution in [0.2, 0.25) is 0 Å². The minimum Gasteiger partial charge on any atom is -0.379 e. The van der Waals surface area contributed by atoms with E-state index in [1.54, 1.807) is 25.8 Å². The minimum atomic E-state index is -0.746. The van der Waals surface area contributed by atoms with E-state index in [4.69, 9.17) is 10.5 Å². The standard InChI is InChI=1S/C20H34N4O3S/c1-12(2)9-17(28-6)18(19(21)25)24-20(26)14(4)13(3)16(22-24)7-8-23-10-15(11-23)27-5/h12,15,17-18H,7-11H2,1-6H3,(H2,21,25). The normalized spacial score (nSPS) is 17.5. The van der Waals surface area contributed by atoms with Gasteiger partial charge in [0.1, 0.15) is 6.04 Å². The van der Waals surface area contributed by atoms with Gasteiger partial charge in [-0.2, -0.15) is 16.9 Å². The van der Waals surface area contributed by atoms with Gasteiger partial charge >= 0.3 is 0 Å². The molecule has 1 aromatic rings. The maximum absolute atomic E-state index is 12.9. The number of carbonyl (C=O) groups excluding carboxylic acids is 1. The van der Waals surface area contributed by atoms with Gasteiger partial charge in [0.25, 0.3) is 5.56 Å². The van der Waals surface area contributed by atoms with Crippen LogP contribution in [0.1, 0.15) is 43.1 Å². The monoisotopic (exact) mass is 410 g/mol. The molecule has 7 nitrogen and oxygen atoms in total. The van der Waals surface area contributed by atoms with E-state index in [1.807, 2.05) is 13.2 Å². The lowest BCUT2D eigenvalue weighted by molar-refractivity contribution is -0.121. The van der Waals surface area contributed by atoms with Crippen LogP contribution in [0.3, 0.4) is 0 Å². The molecule has 2 rings (SSSR count). The first kappa shape index (κ1) is 22.9. The molecule has 1 saturated heterocycles. The van der Waals surface area contributed by atoms with Crippen molar-refractivity contribution in [3.05, 3.63) is 27.2 Å². The van der Waals surface area contributed by atoms with Gasteiger partial charge in [0.2, 0.25) is 5.91 Å². The third kappa shape index (κ3) is 5.15. The van der Waals surface area contributed by atoms with Gasteiger partial charge in [-0.25, -0.2) is 4.68 Å². The molecule has 1 aliphatic heterocycles. The number of methoxy groups -OCH3 is 1. The average molecular weight is 411 g/mol. The molecule has 8 heteroatoms. The molecule has 158 valence electrons. The van der Waals surface area contributed by atoms with Crippen LogP contribution in [-0.4, -0.2) is 64.9 Å². The predicted octanol–water partition coefficient (Wildman–Crippen LogP) is 1.54. The summed E-state index contributed by atoms with van der Waals surface area (Å²) in [5.74, 6) is -0.115. The van der Waals surface area contributed by atoms with Gasteiger partial charge in [0.15, 0.2) is 0 Å². The number of hydrogen-bond acceptors (Lipinski definition) is 6. The molecule has 2 N–H and O–H groups in total. The van der Waals surface area contributed by atoms with Crippen molar-refractivity contribution >= 4 is 17.7 Å². The Hall–Kier alpha value is -1.38. The molecule has 1 aliphatic rings. The second kappa shape index (κ2) is 9.89. The summed E-state index contributed by atoms with van der Waals surface area (Å²) in [7, 11) is 1.73. The number of likely N-dealkylation sites (tertiary alicyclic amines) is 1. The Bertz CT molecular complexity index is 744. The predicted molar refractivity (Wildman–Crippen MR) is 114 cm³/mol. The summed E-state index contributed by atoms with van der Waals surface area (Å²) in [6.45, 7) is 10.6. The summed E-state index contributed by atoms with van der Waals surface area (Å²) >= 11 is 1.57.